The van der Waals surface area contributed by atoms with E-state index in [1.54, 1.807) is 0 Å². The molecule has 1 aromatic rings. The SMILES string of the molecule is Cl.N[C@@H]1CCN(S(=O)(=O)c2cccc(S(=O)(=O)NC3CC3)c2)C1. The third-order valence-corrected chi connectivity index (χ3v) is 7.22. The van der Waals surface area contributed by atoms with Crippen LogP contribution < -0.4 is 10.5 Å². The Morgan fingerprint density at radius 3 is 2.30 bits per heavy atom. The molecule has 0 spiro atoms. The van der Waals surface area contributed by atoms with Crippen molar-refractivity contribution in [2.45, 2.75) is 41.1 Å². The lowest BCUT2D eigenvalue weighted by Gasteiger charge is -2.16. The summed E-state index contributed by atoms with van der Waals surface area (Å²) < 4.78 is 53.3. The number of hydrogen-bond acceptors (Lipinski definition) is 5. The number of sulfonamides is 2. The summed E-state index contributed by atoms with van der Waals surface area (Å²) in [7, 11) is -7.38. The van der Waals surface area contributed by atoms with E-state index in [4.69, 9.17) is 5.73 Å². The third-order valence-electron chi connectivity index (χ3n) is 3.84. The molecule has 3 rings (SSSR count). The van der Waals surface area contributed by atoms with E-state index in [-0.39, 0.29) is 40.8 Å². The second-order valence-electron chi connectivity index (χ2n) is 5.78. The number of nitrogens with zero attached hydrogens (tertiary/aromatic N) is 1. The predicted octanol–water partition coefficient (Wildman–Crippen LogP) is 0.271. The van der Waals surface area contributed by atoms with Crippen LogP contribution in [0.3, 0.4) is 0 Å². The fourth-order valence-electron chi connectivity index (χ4n) is 2.41. The lowest BCUT2D eigenvalue weighted by molar-refractivity contribution is 0.472. The maximum atomic E-state index is 12.5. The lowest BCUT2D eigenvalue weighted by Crippen LogP contribution is -2.32. The van der Waals surface area contributed by atoms with Gasteiger partial charge in [-0.05, 0) is 37.5 Å². The molecular formula is C13H20ClN3O4S2. The first-order chi connectivity index (χ1) is 10.3. The fraction of sp³-hybridized carbons (Fsp3) is 0.538. The zero-order valence-corrected chi connectivity index (χ0v) is 14.8. The molecule has 3 N–H and O–H groups in total. The van der Waals surface area contributed by atoms with Crippen LogP contribution >= 0.6 is 12.4 Å². The smallest absolute Gasteiger partial charge is 0.243 e. The van der Waals surface area contributed by atoms with Crippen molar-refractivity contribution in [3.8, 4) is 0 Å². The predicted molar refractivity (Wildman–Crippen MR) is 88.4 cm³/mol. The Balaban J connectivity index is 0.00000192. The number of halogens is 1. The second kappa shape index (κ2) is 6.66. The number of benzene rings is 1. The molecule has 23 heavy (non-hydrogen) atoms. The molecule has 1 aliphatic heterocycles. The molecule has 1 aromatic carbocycles. The Morgan fingerprint density at radius 1 is 1.09 bits per heavy atom. The topological polar surface area (TPSA) is 110 Å². The highest BCUT2D eigenvalue weighted by Crippen LogP contribution is 2.25. The van der Waals surface area contributed by atoms with Crippen molar-refractivity contribution in [1.29, 1.82) is 0 Å². The summed E-state index contributed by atoms with van der Waals surface area (Å²) in [5.41, 5.74) is 5.75. The molecule has 0 unspecified atom stereocenters. The Labute approximate surface area is 142 Å². The first-order valence-electron chi connectivity index (χ1n) is 7.17. The van der Waals surface area contributed by atoms with Gasteiger partial charge < -0.3 is 5.73 Å². The average Bonchev–Trinajstić information content (AvgIpc) is 3.15. The molecule has 0 radical (unpaired) electrons. The van der Waals surface area contributed by atoms with E-state index in [1.807, 2.05) is 0 Å². The summed E-state index contributed by atoms with van der Waals surface area (Å²) in [6, 6.07) is 5.28. The number of hydrogen-bond donors (Lipinski definition) is 2. The molecule has 0 amide bonds. The first-order valence-corrected chi connectivity index (χ1v) is 10.1. The maximum absolute atomic E-state index is 12.5. The summed E-state index contributed by atoms with van der Waals surface area (Å²) in [5, 5.41) is 0. The molecule has 0 aromatic heterocycles. The van der Waals surface area contributed by atoms with E-state index in [1.165, 1.54) is 28.6 Å². The van der Waals surface area contributed by atoms with Gasteiger partial charge in [0.05, 0.1) is 9.79 Å². The molecule has 7 nitrogen and oxygen atoms in total. The fourth-order valence-corrected chi connectivity index (χ4v) is 5.39. The molecule has 1 atom stereocenters. The maximum Gasteiger partial charge on any atom is 0.243 e. The minimum atomic E-state index is -3.71. The van der Waals surface area contributed by atoms with Crippen molar-refractivity contribution < 1.29 is 16.8 Å². The Hall–Kier alpha value is -0.710. The van der Waals surface area contributed by atoms with Crippen LogP contribution in [0.25, 0.3) is 0 Å². The Kier molecular flexibility index (Phi) is 5.39. The van der Waals surface area contributed by atoms with Gasteiger partial charge in [-0.3, -0.25) is 0 Å². The van der Waals surface area contributed by atoms with Gasteiger partial charge in [0.25, 0.3) is 0 Å². The van der Waals surface area contributed by atoms with E-state index in [0.29, 0.717) is 13.0 Å². The van der Waals surface area contributed by atoms with E-state index >= 15 is 0 Å². The Morgan fingerprint density at radius 2 is 1.74 bits per heavy atom. The van der Waals surface area contributed by atoms with Crippen LogP contribution in [0.15, 0.2) is 34.1 Å². The van der Waals surface area contributed by atoms with Crippen molar-refractivity contribution in [3.05, 3.63) is 24.3 Å². The van der Waals surface area contributed by atoms with Crippen molar-refractivity contribution in [2.75, 3.05) is 13.1 Å². The normalized spacial score (nSPS) is 22.7. The summed E-state index contributed by atoms with van der Waals surface area (Å²) in [4.78, 5) is -0.0377. The number of rotatable bonds is 5. The van der Waals surface area contributed by atoms with Gasteiger partial charge in [0.15, 0.2) is 0 Å². The molecule has 1 aliphatic carbocycles. The summed E-state index contributed by atoms with van der Waals surface area (Å²) in [6.07, 6.45) is 2.26. The van der Waals surface area contributed by atoms with Crippen LogP contribution in [0.4, 0.5) is 0 Å². The van der Waals surface area contributed by atoms with Crippen LogP contribution in [0, 0.1) is 0 Å². The quantitative estimate of drug-likeness (QED) is 0.760. The molecule has 10 heteroatoms. The highest BCUT2D eigenvalue weighted by Gasteiger charge is 2.32. The lowest BCUT2D eigenvalue weighted by atomic mass is 10.3. The molecule has 1 saturated heterocycles. The van der Waals surface area contributed by atoms with Gasteiger partial charge in [0.2, 0.25) is 20.0 Å². The van der Waals surface area contributed by atoms with Crippen molar-refractivity contribution >= 4 is 32.5 Å². The van der Waals surface area contributed by atoms with Gasteiger partial charge in [0, 0.05) is 25.2 Å². The van der Waals surface area contributed by atoms with Crippen molar-refractivity contribution in [3.63, 3.8) is 0 Å². The zero-order valence-electron chi connectivity index (χ0n) is 12.4. The number of nitrogens with two attached hydrogens (primary N) is 1. The van der Waals surface area contributed by atoms with Crippen LogP contribution in [-0.2, 0) is 20.0 Å². The number of nitrogens with one attached hydrogen (secondary N) is 1. The van der Waals surface area contributed by atoms with Crippen molar-refractivity contribution in [1.82, 2.24) is 9.03 Å². The van der Waals surface area contributed by atoms with E-state index in [0.717, 1.165) is 12.8 Å². The zero-order chi connectivity index (χ0) is 16.0. The minimum Gasteiger partial charge on any atom is -0.326 e. The van der Waals surface area contributed by atoms with Gasteiger partial charge in [-0.15, -0.1) is 12.4 Å². The van der Waals surface area contributed by atoms with Crippen molar-refractivity contribution in [2.24, 2.45) is 5.73 Å². The molecule has 1 heterocycles. The summed E-state index contributed by atoms with van der Waals surface area (Å²) in [6.45, 7) is 0.625. The van der Waals surface area contributed by atoms with Crippen LogP contribution in [-0.4, -0.2) is 46.3 Å². The summed E-state index contributed by atoms with van der Waals surface area (Å²) in [5.74, 6) is 0. The van der Waals surface area contributed by atoms with Gasteiger partial charge in [0.1, 0.15) is 0 Å². The minimum absolute atomic E-state index is 0. The first kappa shape index (κ1) is 18.6. The molecule has 1 saturated carbocycles. The van der Waals surface area contributed by atoms with Crippen LogP contribution in [0.5, 0.6) is 0 Å². The molecule has 130 valence electrons. The molecule has 2 aliphatic rings. The average molecular weight is 382 g/mol. The van der Waals surface area contributed by atoms with E-state index in [9.17, 15) is 16.8 Å². The standard InChI is InChI=1S/C13H19N3O4S2.ClH/c14-10-6-7-16(9-10)22(19,20)13-3-1-2-12(8-13)21(17,18)15-11-4-5-11;/h1-3,8,10-11,15H,4-7,9,14H2;1H/t10-;/m1./s1. The van der Waals surface area contributed by atoms with Gasteiger partial charge in [-0.2, -0.15) is 4.31 Å². The molecular weight excluding hydrogens is 362 g/mol. The van der Waals surface area contributed by atoms with Crippen LogP contribution in [0.1, 0.15) is 19.3 Å². The largest absolute Gasteiger partial charge is 0.326 e. The van der Waals surface area contributed by atoms with Gasteiger partial charge >= 0.3 is 0 Å². The molecule has 0 bridgehead atoms. The molecule has 2 fully saturated rings. The van der Waals surface area contributed by atoms with Gasteiger partial charge in [-0.1, -0.05) is 6.07 Å². The monoisotopic (exact) mass is 381 g/mol. The second-order valence-corrected chi connectivity index (χ2v) is 9.43. The van der Waals surface area contributed by atoms with Crippen LogP contribution in [0.2, 0.25) is 0 Å². The summed E-state index contributed by atoms with van der Waals surface area (Å²) >= 11 is 0. The third kappa shape index (κ3) is 4.04. The van der Waals surface area contributed by atoms with Gasteiger partial charge in [-0.25, -0.2) is 21.6 Å². The van der Waals surface area contributed by atoms with E-state index in [2.05, 4.69) is 4.72 Å². The highest BCUT2D eigenvalue weighted by molar-refractivity contribution is 7.90. The highest BCUT2D eigenvalue weighted by atomic mass is 35.5. The van der Waals surface area contributed by atoms with E-state index < -0.39 is 20.0 Å². The Bertz CT molecular complexity index is 778.